The third kappa shape index (κ3) is 2.07. The number of rotatable bonds is 3. The maximum absolute atomic E-state index is 10.3. The van der Waals surface area contributed by atoms with Crippen LogP contribution in [0.1, 0.15) is 6.42 Å². The van der Waals surface area contributed by atoms with Crippen molar-refractivity contribution in [2.45, 2.75) is 6.42 Å². The Kier molecular flexibility index (Phi) is 1.94. The van der Waals surface area contributed by atoms with E-state index < -0.39 is 11.9 Å². The van der Waals surface area contributed by atoms with Crippen molar-refractivity contribution < 1.29 is 14.7 Å². The Balaban J connectivity index is 2.34. The fraction of sp³-hybridized carbons (Fsp3) is 0.429. The number of primary amides is 1. The second kappa shape index (κ2) is 2.74. The highest BCUT2D eigenvalue weighted by molar-refractivity contribution is 5.86. The van der Waals surface area contributed by atoms with Crippen molar-refractivity contribution in [2.24, 2.45) is 17.6 Å². The van der Waals surface area contributed by atoms with Crippen LogP contribution in [0.25, 0.3) is 0 Å². The van der Waals surface area contributed by atoms with Gasteiger partial charge in [0.1, 0.15) is 0 Å². The molecule has 1 saturated carbocycles. The molecule has 0 unspecified atom stereocenters. The molecule has 0 bridgehead atoms. The lowest BCUT2D eigenvalue weighted by molar-refractivity contribution is -0.138. The largest absolute Gasteiger partial charge is 0.481 e. The molecule has 0 radical (unpaired) electrons. The summed E-state index contributed by atoms with van der Waals surface area (Å²) in [6.07, 6.45) is 3.40. The quantitative estimate of drug-likeness (QED) is 0.551. The average Bonchev–Trinajstić information content (AvgIpc) is 2.61. The summed E-state index contributed by atoms with van der Waals surface area (Å²) >= 11 is 0. The lowest BCUT2D eigenvalue weighted by atomic mass is 10.3. The maximum atomic E-state index is 10.3. The van der Waals surface area contributed by atoms with E-state index in [1.165, 1.54) is 6.08 Å². The zero-order valence-electron chi connectivity index (χ0n) is 5.86. The van der Waals surface area contributed by atoms with Crippen LogP contribution in [-0.4, -0.2) is 17.0 Å². The first-order chi connectivity index (χ1) is 5.11. The average molecular weight is 155 g/mol. The molecule has 3 N–H and O–H groups in total. The lowest BCUT2D eigenvalue weighted by Crippen LogP contribution is -2.06. The van der Waals surface area contributed by atoms with Crippen LogP contribution in [0.5, 0.6) is 0 Å². The van der Waals surface area contributed by atoms with E-state index in [2.05, 4.69) is 0 Å². The first-order valence-corrected chi connectivity index (χ1v) is 3.31. The predicted octanol–water partition coefficient (Wildman–Crippen LogP) is -0.251. The molecule has 0 heterocycles. The van der Waals surface area contributed by atoms with Crippen LogP contribution in [0.15, 0.2) is 12.2 Å². The summed E-state index contributed by atoms with van der Waals surface area (Å²) < 4.78 is 0. The minimum absolute atomic E-state index is 0.0139. The minimum Gasteiger partial charge on any atom is -0.481 e. The molecule has 60 valence electrons. The third-order valence-electron chi connectivity index (χ3n) is 1.66. The molecule has 1 fully saturated rings. The second-order valence-corrected chi connectivity index (χ2v) is 2.61. The van der Waals surface area contributed by atoms with Crippen molar-refractivity contribution in [1.29, 1.82) is 0 Å². The van der Waals surface area contributed by atoms with Crippen LogP contribution >= 0.6 is 0 Å². The maximum Gasteiger partial charge on any atom is 0.307 e. The van der Waals surface area contributed by atoms with Crippen molar-refractivity contribution in [3.05, 3.63) is 12.2 Å². The number of carboxylic acids is 1. The highest BCUT2D eigenvalue weighted by Crippen LogP contribution is 2.39. The minimum atomic E-state index is -0.802. The summed E-state index contributed by atoms with van der Waals surface area (Å²) in [6, 6.07) is 0. The molecule has 4 heteroatoms. The van der Waals surface area contributed by atoms with Crippen LogP contribution in [-0.2, 0) is 9.59 Å². The number of carbonyl (C=O) groups excluding carboxylic acids is 1. The van der Waals surface area contributed by atoms with Crippen molar-refractivity contribution >= 4 is 11.9 Å². The van der Waals surface area contributed by atoms with Gasteiger partial charge in [-0.2, -0.15) is 0 Å². The number of carbonyl (C=O) groups is 2. The molecule has 2 atom stereocenters. The van der Waals surface area contributed by atoms with Gasteiger partial charge >= 0.3 is 5.97 Å². The van der Waals surface area contributed by atoms with E-state index in [0.29, 0.717) is 6.42 Å². The molecule has 0 aromatic heterocycles. The molecule has 0 aromatic rings. The number of allylic oxidation sites excluding steroid dienone is 1. The Morgan fingerprint density at radius 3 is 2.55 bits per heavy atom. The van der Waals surface area contributed by atoms with Crippen LogP contribution in [0, 0.1) is 11.8 Å². The SMILES string of the molecule is NC(=O)/C=C/[C@@H]1C[C@@H]1C(=O)O. The van der Waals surface area contributed by atoms with Crippen molar-refractivity contribution in [1.82, 2.24) is 0 Å². The number of hydrogen-bond donors (Lipinski definition) is 2. The first kappa shape index (κ1) is 7.78. The van der Waals surface area contributed by atoms with E-state index in [0.717, 1.165) is 0 Å². The molecular weight excluding hydrogens is 146 g/mol. The normalized spacial score (nSPS) is 28.7. The smallest absolute Gasteiger partial charge is 0.307 e. The van der Waals surface area contributed by atoms with E-state index in [-0.39, 0.29) is 11.8 Å². The Bertz CT molecular complexity index is 222. The summed E-state index contributed by atoms with van der Waals surface area (Å²) in [5, 5.41) is 8.44. The van der Waals surface area contributed by atoms with Crippen molar-refractivity contribution in [3.8, 4) is 0 Å². The summed E-state index contributed by atoms with van der Waals surface area (Å²) in [4.78, 5) is 20.5. The van der Waals surface area contributed by atoms with Crippen molar-refractivity contribution in [3.63, 3.8) is 0 Å². The Morgan fingerprint density at radius 1 is 1.55 bits per heavy atom. The summed E-state index contributed by atoms with van der Waals surface area (Å²) in [6.45, 7) is 0. The Hall–Kier alpha value is -1.32. The van der Waals surface area contributed by atoms with Crippen LogP contribution in [0.4, 0.5) is 0 Å². The Morgan fingerprint density at radius 2 is 2.18 bits per heavy atom. The third-order valence-corrected chi connectivity index (χ3v) is 1.66. The number of hydrogen-bond acceptors (Lipinski definition) is 2. The van der Waals surface area contributed by atoms with Crippen LogP contribution in [0.2, 0.25) is 0 Å². The monoisotopic (exact) mass is 155 g/mol. The van der Waals surface area contributed by atoms with Gasteiger partial charge < -0.3 is 10.8 Å². The van der Waals surface area contributed by atoms with E-state index in [1.807, 2.05) is 0 Å². The van der Waals surface area contributed by atoms with Gasteiger partial charge in [-0.1, -0.05) is 6.08 Å². The van der Waals surface area contributed by atoms with Gasteiger partial charge in [0.05, 0.1) is 5.92 Å². The first-order valence-electron chi connectivity index (χ1n) is 3.31. The lowest BCUT2D eigenvalue weighted by Gasteiger charge is -1.84. The molecule has 1 aliphatic rings. The van der Waals surface area contributed by atoms with Gasteiger partial charge in [-0.3, -0.25) is 9.59 Å². The molecule has 1 amide bonds. The van der Waals surface area contributed by atoms with E-state index >= 15 is 0 Å². The molecule has 0 aromatic carbocycles. The number of aliphatic carboxylic acids is 1. The zero-order chi connectivity index (χ0) is 8.43. The van der Waals surface area contributed by atoms with Gasteiger partial charge in [-0.15, -0.1) is 0 Å². The van der Waals surface area contributed by atoms with Gasteiger partial charge in [0.15, 0.2) is 0 Å². The van der Waals surface area contributed by atoms with Crippen molar-refractivity contribution in [2.75, 3.05) is 0 Å². The van der Waals surface area contributed by atoms with E-state index in [1.54, 1.807) is 6.08 Å². The molecule has 4 nitrogen and oxygen atoms in total. The highest BCUT2D eigenvalue weighted by Gasteiger charge is 2.41. The summed E-state index contributed by atoms with van der Waals surface area (Å²) in [7, 11) is 0. The zero-order valence-corrected chi connectivity index (χ0v) is 5.86. The molecular formula is C7H9NO3. The molecule has 11 heavy (non-hydrogen) atoms. The van der Waals surface area contributed by atoms with Gasteiger partial charge in [-0.25, -0.2) is 0 Å². The van der Waals surface area contributed by atoms with E-state index in [4.69, 9.17) is 10.8 Å². The predicted molar refractivity (Wildman–Crippen MR) is 37.6 cm³/mol. The number of amides is 1. The fourth-order valence-electron chi connectivity index (χ4n) is 0.930. The molecule has 0 spiro atoms. The van der Waals surface area contributed by atoms with Gasteiger partial charge in [-0.05, 0) is 18.4 Å². The molecule has 1 rings (SSSR count). The van der Waals surface area contributed by atoms with Gasteiger partial charge in [0.25, 0.3) is 0 Å². The highest BCUT2D eigenvalue weighted by atomic mass is 16.4. The van der Waals surface area contributed by atoms with Gasteiger partial charge in [0, 0.05) is 0 Å². The van der Waals surface area contributed by atoms with Crippen LogP contribution in [0.3, 0.4) is 0 Å². The standard InChI is InChI=1S/C7H9NO3/c8-6(9)2-1-4-3-5(4)7(10)11/h1-2,4-5H,3H2,(H2,8,9)(H,10,11)/b2-1+/t4-,5+/m1/s1. The topological polar surface area (TPSA) is 80.4 Å². The summed E-state index contributed by atoms with van der Waals surface area (Å²) in [5.41, 5.74) is 4.82. The van der Waals surface area contributed by atoms with E-state index in [9.17, 15) is 9.59 Å². The second-order valence-electron chi connectivity index (χ2n) is 2.61. The number of nitrogens with two attached hydrogens (primary N) is 1. The Labute approximate surface area is 63.7 Å². The summed E-state index contributed by atoms with van der Waals surface area (Å²) in [5.74, 6) is -1.62. The number of carboxylic acid groups (broad SMARTS) is 1. The molecule has 1 aliphatic carbocycles. The van der Waals surface area contributed by atoms with Gasteiger partial charge in [0.2, 0.25) is 5.91 Å². The fourth-order valence-corrected chi connectivity index (χ4v) is 0.930. The molecule has 0 saturated heterocycles. The van der Waals surface area contributed by atoms with Crippen LogP contribution < -0.4 is 5.73 Å². The molecule has 0 aliphatic heterocycles.